The van der Waals surface area contributed by atoms with Gasteiger partial charge >= 0.3 is 0 Å². The van der Waals surface area contributed by atoms with E-state index in [0.29, 0.717) is 22.0 Å². The topological polar surface area (TPSA) is 49.4 Å². The van der Waals surface area contributed by atoms with Gasteiger partial charge in [0.1, 0.15) is 0 Å². The number of nitrogens with zero attached hydrogens (tertiary/aromatic N) is 1. The van der Waals surface area contributed by atoms with Crippen LogP contribution in [-0.4, -0.2) is 17.9 Å². The molecule has 0 unspecified atom stereocenters. The lowest BCUT2D eigenvalue weighted by Gasteiger charge is -2.30. The number of fused-ring (bicyclic) bond motifs is 1. The van der Waals surface area contributed by atoms with E-state index in [1.165, 1.54) is 11.8 Å². The summed E-state index contributed by atoms with van der Waals surface area (Å²) in [6.07, 6.45) is 2.76. The molecule has 1 aliphatic rings. The van der Waals surface area contributed by atoms with Gasteiger partial charge in [0.15, 0.2) is 0 Å². The number of benzene rings is 3. The number of para-hydroxylation sites is 1. The SMILES string of the molecule is CC[C@@H](C)NC(=O)c1ccc(/C=C2/Sc3ccccc3N(Cc3cccc(Cl)c3)C2=O)cc1. The smallest absolute Gasteiger partial charge is 0.265 e. The highest BCUT2D eigenvalue weighted by molar-refractivity contribution is 8.04. The summed E-state index contributed by atoms with van der Waals surface area (Å²) in [4.78, 5) is 29.2. The Labute approximate surface area is 203 Å². The summed E-state index contributed by atoms with van der Waals surface area (Å²) in [7, 11) is 0. The summed E-state index contributed by atoms with van der Waals surface area (Å²) in [5.41, 5.74) is 3.33. The molecule has 3 aromatic rings. The number of hydrogen-bond acceptors (Lipinski definition) is 3. The van der Waals surface area contributed by atoms with E-state index in [0.717, 1.165) is 28.1 Å². The summed E-state index contributed by atoms with van der Waals surface area (Å²) in [5.74, 6) is -0.148. The van der Waals surface area contributed by atoms with Crippen molar-refractivity contribution >= 4 is 46.9 Å². The van der Waals surface area contributed by atoms with E-state index in [9.17, 15) is 9.59 Å². The molecular formula is C27H25ClN2O2S. The van der Waals surface area contributed by atoms with Crippen LogP contribution in [0.5, 0.6) is 0 Å². The summed E-state index contributed by atoms with van der Waals surface area (Å²) < 4.78 is 0. The number of halogens is 1. The van der Waals surface area contributed by atoms with Crippen molar-refractivity contribution in [3.8, 4) is 0 Å². The molecule has 4 rings (SSSR count). The van der Waals surface area contributed by atoms with Crippen molar-refractivity contribution in [1.29, 1.82) is 0 Å². The molecule has 0 radical (unpaired) electrons. The maximum Gasteiger partial charge on any atom is 0.265 e. The lowest BCUT2D eigenvalue weighted by molar-refractivity contribution is -0.114. The third-order valence-corrected chi connectivity index (χ3v) is 6.83. The Hall–Kier alpha value is -3.02. The zero-order chi connectivity index (χ0) is 23.4. The Bertz CT molecular complexity index is 1210. The fourth-order valence-electron chi connectivity index (χ4n) is 3.53. The molecule has 0 aromatic heterocycles. The van der Waals surface area contributed by atoms with E-state index in [4.69, 9.17) is 11.6 Å². The quantitative estimate of drug-likeness (QED) is 0.410. The van der Waals surface area contributed by atoms with Gasteiger partial charge in [-0.1, -0.05) is 66.7 Å². The number of amides is 2. The van der Waals surface area contributed by atoms with Crippen LogP contribution < -0.4 is 10.2 Å². The van der Waals surface area contributed by atoms with E-state index in [2.05, 4.69) is 5.32 Å². The Morgan fingerprint density at radius 2 is 1.85 bits per heavy atom. The second-order valence-corrected chi connectivity index (χ2v) is 9.52. The van der Waals surface area contributed by atoms with Crippen LogP contribution in [0.2, 0.25) is 5.02 Å². The van der Waals surface area contributed by atoms with Gasteiger partial charge in [0.25, 0.3) is 11.8 Å². The molecular weight excluding hydrogens is 452 g/mol. The molecule has 33 heavy (non-hydrogen) atoms. The summed E-state index contributed by atoms with van der Waals surface area (Å²) in [6.45, 7) is 4.45. The number of anilines is 1. The van der Waals surface area contributed by atoms with Gasteiger partial charge < -0.3 is 10.2 Å². The average molecular weight is 477 g/mol. The van der Waals surface area contributed by atoms with Crippen LogP contribution in [-0.2, 0) is 11.3 Å². The van der Waals surface area contributed by atoms with Gasteiger partial charge in [0.05, 0.1) is 17.1 Å². The first-order valence-corrected chi connectivity index (χ1v) is 12.1. The summed E-state index contributed by atoms with van der Waals surface area (Å²) in [6, 6.07) is 22.9. The Morgan fingerprint density at radius 1 is 1.09 bits per heavy atom. The lowest BCUT2D eigenvalue weighted by atomic mass is 10.1. The van der Waals surface area contributed by atoms with Gasteiger partial charge in [-0.3, -0.25) is 9.59 Å². The first-order valence-electron chi connectivity index (χ1n) is 10.9. The second kappa shape index (κ2) is 10.3. The fourth-order valence-corrected chi connectivity index (χ4v) is 4.80. The number of rotatable bonds is 6. The van der Waals surface area contributed by atoms with Gasteiger partial charge in [-0.2, -0.15) is 0 Å². The monoisotopic (exact) mass is 476 g/mol. The van der Waals surface area contributed by atoms with Crippen LogP contribution in [0.15, 0.2) is 82.6 Å². The van der Waals surface area contributed by atoms with Crippen molar-refractivity contribution in [3.05, 3.63) is 99.4 Å². The second-order valence-electron chi connectivity index (χ2n) is 8.00. The maximum absolute atomic E-state index is 13.5. The molecule has 0 bridgehead atoms. The highest BCUT2D eigenvalue weighted by Gasteiger charge is 2.29. The molecule has 0 fully saturated rings. The van der Waals surface area contributed by atoms with Crippen LogP contribution in [0, 0.1) is 0 Å². The third-order valence-electron chi connectivity index (χ3n) is 5.52. The minimum atomic E-state index is -0.0895. The molecule has 1 heterocycles. The first-order chi connectivity index (χ1) is 15.9. The zero-order valence-corrected chi connectivity index (χ0v) is 20.1. The summed E-state index contributed by atoms with van der Waals surface area (Å²) in [5, 5.41) is 3.62. The Kier molecular flexibility index (Phi) is 7.21. The molecule has 0 aliphatic carbocycles. The molecule has 0 saturated heterocycles. The molecule has 1 N–H and O–H groups in total. The molecule has 1 atom stereocenters. The minimum Gasteiger partial charge on any atom is -0.350 e. The van der Waals surface area contributed by atoms with Gasteiger partial charge in [-0.05, 0) is 66.9 Å². The van der Waals surface area contributed by atoms with Crippen molar-refractivity contribution in [2.75, 3.05) is 4.90 Å². The van der Waals surface area contributed by atoms with Gasteiger partial charge in [-0.15, -0.1) is 0 Å². The lowest BCUT2D eigenvalue weighted by Crippen LogP contribution is -2.33. The minimum absolute atomic E-state index is 0.0581. The van der Waals surface area contributed by atoms with Crippen LogP contribution >= 0.6 is 23.4 Å². The van der Waals surface area contributed by atoms with Crippen LogP contribution in [0.3, 0.4) is 0 Å². The summed E-state index contributed by atoms with van der Waals surface area (Å²) >= 11 is 7.62. The average Bonchev–Trinajstić information content (AvgIpc) is 2.82. The van der Waals surface area contributed by atoms with E-state index in [1.54, 1.807) is 17.0 Å². The molecule has 0 spiro atoms. The van der Waals surface area contributed by atoms with Crippen molar-refractivity contribution in [3.63, 3.8) is 0 Å². The van der Waals surface area contributed by atoms with Crippen molar-refractivity contribution in [2.45, 2.75) is 37.8 Å². The molecule has 4 nitrogen and oxygen atoms in total. The van der Waals surface area contributed by atoms with E-state index in [1.807, 2.05) is 80.6 Å². The van der Waals surface area contributed by atoms with Crippen LogP contribution in [0.4, 0.5) is 5.69 Å². The third kappa shape index (κ3) is 5.49. The predicted octanol–water partition coefficient (Wildman–Crippen LogP) is 6.55. The van der Waals surface area contributed by atoms with E-state index >= 15 is 0 Å². The van der Waals surface area contributed by atoms with Gasteiger partial charge in [-0.25, -0.2) is 0 Å². The highest BCUT2D eigenvalue weighted by Crippen LogP contribution is 2.42. The number of thioether (sulfide) groups is 1. The normalized spacial score (nSPS) is 15.3. The zero-order valence-electron chi connectivity index (χ0n) is 18.5. The fraction of sp³-hybridized carbons (Fsp3) is 0.185. The first kappa shape index (κ1) is 23.1. The Balaban J connectivity index is 1.60. The van der Waals surface area contributed by atoms with Crippen molar-refractivity contribution in [2.24, 2.45) is 0 Å². The molecule has 168 valence electrons. The number of carbonyl (C=O) groups is 2. The van der Waals surface area contributed by atoms with E-state index < -0.39 is 0 Å². The van der Waals surface area contributed by atoms with Crippen molar-refractivity contribution < 1.29 is 9.59 Å². The largest absolute Gasteiger partial charge is 0.350 e. The number of carbonyl (C=O) groups excluding carboxylic acids is 2. The van der Waals surface area contributed by atoms with Gasteiger partial charge in [0.2, 0.25) is 0 Å². The predicted molar refractivity (Wildman–Crippen MR) is 137 cm³/mol. The van der Waals surface area contributed by atoms with E-state index in [-0.39, 0.29) is 17.9 Å². The van der Waals surface area contributed by atoms with Crippen LogP contribution in [0.25, 0.3) is 6.08 Å². The molecule has 2 amide bonds. The number of hydrogen-bond donors (Lipinski definition) is 1. The van der Waals surface area contributed by atoms with Crippen molar-refractivity contribution in [1.82, 2.24) is 5.32 Å². The molecule has 3 aromatic carbocycles. The van der Waals surface area contributed by atoms with Crippen LogP contribution in [0.1, 0.15) is 41.8 Å². The molecule has 0 saturated carbocycles. The molecule has 6 heteroatoms. The number of nitrogens with one attached hydrogen (secondary N) is 1. The standard InChI is InChI=1S/C27H25ClN2O2S/c1-3-18(2)29-26(31)21-13-11-19(12-14-21)16-25-27(32)30(17-20-7-6-8-22(28)15-20)23-9-4-5-10-24(23)33-25/h4-16,18H,3,17H2,1-2H3,(H,29,31)/b25-16+/t18-/m1/s1. The Morgan fingerprint density at radius 3 is 2.58 bits per heavy atom. The van der Waals surface area contributed by atoms with Gasteiger partial charge in [0, 0.05) is 21.5 Å². The molecule has 1 aliphatic heterocycles. The highest BCUT2D eigenvalue weighted by atomic mass is 35.5. The maximum atomic E-state index is 13.5.